The van der Waals surface area contributed by atoms with Crippen molar-refractivity contribution in [3.8, 4) is 0 Å². The van der Waals surface area contributed by atoms with Crippen LogP contribution in [0.4, 0.5) is 5.69 Å². The minimum Gasteiger partial charge on any atom is -0.370 e. The highest BCUT2D eigenvalue weighted by Gasteiger charge is 2.35. The van der Waals surface area contributed by atoms with Crippen molar-refractivity contribution in [2.75, 3.05) is 12.4 Å². The summed E-state index contributed by atoms with van der Waals surface area (Å²) >= 11 is 6.35. The Balaban J connectivity index is 1.74. The van der Waals surface area contributed by atoms with Crippen LogP contribution in [0.1, 0.15) is 50.4 Å². The third kappa shape index (κ3) is 3.66. The van der Waals surface area contributed by atoms with E-state index >= 15 is 0 Å². The predicted molar refractivity (Wildman–Crippen MR) is 122 cm³/mol. The molecule has 0 fully saturated rings. The molecule has 158 valence electrons. The lowest BCUT2D eigenvalue weighted by atomic mass is 9.93. The largest absolute Gasteiger partial charge is 0.370 e. The Morgan fingerprint density at radius 3 is 2.77 bits per heavy atom. The monoisotopic (exact) mass is 425 g/mol. The number of hydrogen-bond donors (Lipinski definition) is 3. The molecule has 1 aromatic heterocycles. The Kier molecular flexibility index (Phi) is 5.24. The van der Waals surface area contributed by atoms with Crippen LogP contribution in [0.2, 0.25) is 5.02 Å². The fourth-order valence-electron chi connectivity index (χ4n) is 4.17. The molecule has 2 aromatic carbocycles. The van der Waals surface area contributed by atoms with Crippen LogP contribution in [0.3, 0.4) is 0 Å². The van der Waals surface area contributed by atoms with Crippen molar-refractivity contribution >= 4 is 34.1 Å². The second kappa shape index (κ2) is 7.60. The highest BCUT2D eigenvalue weighted by atomic mass is 35.5. The van der Waals surface area contributed by atoms with Gasteiger partial charge in [0, 0.05) is 34.2 Å². The standard InChI is InChI=1S/C23H28ClN5O/c1-13(2)26-22(30)21(17-9-15(24)10-20-18(17)11-25-28-20)27-16-6-7-19-14(8-16)12-29(5)23(19,3)4/h6-11,13,21,27H,12H2,1-5H3,(H,25,28)(H,26,30)/t21-/m1/s1. The van der Waals surface area contributed by atoms with E-state index in [-0.39, 0.29) is 17.5 Å². The second-order valence-electron chi connectivity index (χ2n) is 8.85. The highest BCUT2D eigenvalue weighted by Crippen LogP contribution is 2.39. The first kappa shape index (κ1) is 20.7. The quantitative estimate of drug-likeness (QED) is 0.559. The normalized spacial score (nSPS) is 16.6. The number of fused-ring (bicyclic) bond motifs is 2. The van der Waals surface area contributed by atoms with Gasteiger partial charge in [-0.25, -0.2) is 0 Å². The molecular formula is C23H28ClN5O. The molecule has 30 heavy (non-hydrogen) atoms. The number of anilines is 1. The third-order valence-electron chi connectivity index (χ3n) is 6.00. The zero-order valence-corrected chi connectivity index (χ0v) is 18.8. The molecule has 1 aliphatic rings. The number of aromatic amines is 1. The molecule has 0 unspecified atom stereocenters. The van der Waals surface area contributed by atoms with E-state index in [4.69, 9.17) is 11.6 Å². The zero-order chi connectivity index (χ0) is 21.6. The van der Waals surface area contributed by atoms with Crippen LogP contribution in [0, 0.1) is 0 Å². The Morgan fingerprint density at radius 1 is 1.27 bits per heavy atom. The van der Waals surface area contributed by atoms with Crippen molar-refractivity contribution in [2.45, 2.75) is 51.9 Å². The number of rotatable bonds is 5. The first-order chi connectivity index (χ1) is 14.2. The Morgan fingerprint density at radius 2 is 2.03 bits per heavy atom. The van der Waals surface area contributed by atoms with E-state index in [2.05, 4.69) is 58.8 Å². The average molecular weight is 426 g/mol. The summed E-state index contributed by atoms with van der Waals surface area (Å²) in [5, 5.41) is 15.0. The summed E-state index contributed by atoms with van der Waals surface area (Å²) < 4.78 is 0. The van der Waals surface area contributed by atoms with Crippen LogP contribution >= 0.6 is 11.6 Å². The summed E-state index contributed by atoms with van der Waals surface area (Å²) in [5.41, 5.74) is 5.09. The molecule has 0 aliphatic carbocycles. The number of benzene rings is 2. The van der Waals surface area contributed by atoms with Crippen LogP contribution in [0.15, 0.2) is 36.5 Å². The molecule has 0 bridgehead atoms. The van der Waals surface area contributed by atoms with E-state index in [1.807, 2.05) is 32.0 Å². The van der Waals surface area contributed by atoms with Gasteiger partial charge in [0.25, 0.3) is 0 Å². The fraction of sp³-hybridized carbons (Fsp3) is 0.391. The number of hydrogen-bond acceptors (Lipinski definition) is 4. The predicted octanol–water partition coefficient (Wildman–Crippen LogP) is 4.57. The molecule has 2 heterocycles. The molecule has 1 amide bonds. The molecule has 0 radical (unpaired) electrons. The first-order valence-electron chi connectivity index (χ1n) is 10.2. The average Bonchev–Trinajstić information content (AvgIpc) is 3.21. The van der Waals surface area contributed by atoms with Crippen molar-refractivity contribution in [2.24, 2.45) is 0 Å². The summed E-state index contributed by atoms with van der Waals surface area (Å²) in [4.78, 5) is 15.5. The minimum atomic E-state index is -0.601. The molecule has 3 N–H and O–H groups in total. The van der Waals surface area contributed by atoms with Crippen LogP contribution in [-0.2, 0) is 16.9 Å². The molecule has 3 aromatic rings. The topological polar surface area (TPSA) is 73.1 Å². The van der Waals surface area contributed by atoms with Gasteiger partial charge in [-0.05, 0) is 75.7 Å². The molecule has 0 saturated heterocycles. The van der Waals surface area contributed by atoms with Gasteiger partial charge in [-0.2, -0.15) is 5.10 Å². The van der Waals surface area contributed by atoms with Gasteiger partial charge in [0.15, 0.2) is 0 Å². The lowest BCUT2D eigenvalue weighted by molar-refractivity contribution is -0.122. The van der Waals surface area contributed by atoms with E-state index in [1.54, 1.807) is 6.20 Å². The molecular weight excluding hydrogens is 398 g/mol. The number of halogens is 1. The van der Waals surface area contributed by atoms with Gasteiger partial charge in [0.2, 0.25) is 5.91 Å². The lowest BCUT2D eigenvalue weighted by Crippen LogP contribution is -2.37. The zero-order valence-electron chi connectivity index (χ0n) is 18.0. The van der Waals surface area contributed by atoms with Gasteiger partial charge in [0.05, 0.1) is 11.7 Å². The summed E-state index contributed by atoms with van der Waals surface area (Å²) in [5.74, 6) is -0.104. The van der Waals surface area contributed by atoms with Gasteiger partial charge < -0.3 is 10.6 Å². The molecule has 0 saturated carbocycles. The van der Waals surface area contributed by atoms with Crippen LogP contribution in [-0.4, -0.2) is 34.1 Å². The molecule has 1 aliphatic heterocycles. The van der Waals surface area contributed by atoms with E-state index in [0.717, 1.165) is 28.7 Å². The maximum atomic E-state index is 13.2. The lowest BCUT2D eigenvalue weighted by Gasteiger charge is -2.28. The smallest absolute Gasteiger partial charge is 0.247 e. The number of H-pyrrole nitrogens is 1. The number of carbonyl (C=O) groups excluding carboxylic acids is 1. The third-order valence-corrected chi connectivity index (χ3v) is 6.21. The summed E-state index contributed by atoms with van der Waals surface area (Å²) in [6, 6.07) is 9.43. The maximum absolute atomic E-state index is 13.2. The number of carbonyl (C=O) groups is 1. The van der Waals surface area contributed by atoms with Crippen molar-refractivity contribution in [1.82, 2.24) is 20.4 Å². The van der Waals surface area contributed by atoms with Gasteiger partial charge in [-0.3, -0.25) is 14.8 Å². The van der Waals surface area contributed by atoms with Crippen molar-refractivity contribution in [1.29, 1.82) is 0 Å². The number of aromatic nitrogens is 2. The number of nitrogens with one attached hydrogen (secondary N) is 3. The SMILES string of the molecule is CC(C)NC(=O)[C@H](Nc1ccc2c(c1)CN(C)C2(C)C)c1cc(Cl)cc2[nH]ncc12. The van der Waals surface area contributed by atoms with Gasteiger partial charge in [-0.1, -0.05) is 17.7 Å². The van der Waals surface area contributed by atoms with Crippen LogP contribution in [0.25, 0.3) is 10.9 Å². The molecule has 4 rings (SSSR count). The fourth-order valence-corrected chi connectivity index (χ4v) is 4.40. The Bertz CT molecular complexity index is 1100. The van der Waals surface area contributed by atoms with Gasteiger partial charge >= 0.3 is 0 Å². The van der Waals surface area contributed by atoms with Crippen LogP contribution < -0.4 is 10.6 Å². The summed E-state index contributed by atoms with van der Waals surface area (Å²) in [6.07, 6.45) is 1.73. The number of amides is 1. The van der Waals surface area contributed by atoms with E-state index in [0.29, 0.717) is 5.02 Å². The van der Waals surface area contributed by atoms with Gasteiger partial charge in [-0.15, -0.1) is 0 Å². The van der Waals surface area contributed by atoms with E-state index in [9.17, 15) is 4.79 Å². The molecule has 6 nitrogen and oxygen atoms in total. The Hall–Kier alpha value is -2.57. The minimum absolute atomic E-state index is 0.00179. The van der Waals surface area contributed by atoms with E-state index in [1.165, 1.54) is 11.1 Å². The molecule has 7 heteroatoms. The highest BCUT2D eigenvalue weighted by molar-refractivity contribution is 6.31. The van der Waals surface area contributed by atoms with Crippen molar-refractivity contribution < 1.29 is 4.79 Å². The first-order valence-corrected chi connectivity index (χ1v) is 10.6. The molecule has 1 atom stereocenters. The van der Waals surface area contributed by atoms with Crippen molar-refractivity contribution in [3.05, 3.63) is 58.2 Å². The maximum Gasteiger partial charge on any atom is 0.247 e. The summed E-state index contributed by atoms with van der Waals surface area (Å²) in [6.45, 7) is 9.24. The molecule has 0 spiro atoms. The number of nitrogens with zero attached hydrogens (tertiary/aromatic N) is 2. The Labute approximate surface area is 182 Å². The van der Waals surface area contributed by atoms with Gasteiger partial charge in [0.1, 0.15) is 6.04 Å². The summed E-state index contributed by atoms with van der Waals surface area (Å²) in [7, 11) is 2.13. The van der Waals surface area contributed by atoms with Crippen molar-refractivity contribution in [3.63, 3.8) is 0 Å². The van der Waals surface area contributed by atoms with Crippen LogP contribution in [0.5, 0.6) is 0 Å². The van der Waals surface area contributed by atoms with E-state index < -0.39 is 6.04 Å². The second-order valence-corrected chi connectivity index (χ2v) is 9.29.